The quantitative estimate of drug-likeness (QED) is 0.777. The highest BCUT2D eigenvalue weighted by Gasteiger charge is 2.64. The van der Waals surface area contributed by atoms with Crippen LogP contribution in [0.1, 0.15) is 6.42 Å². The Morgan fingerprint density at radius 1 is 1.38 bits per heavy atom. The fourth-order valence-corrected chi connectivity index (χ4v) is 3.65. The van der Waals surface area contributed by atoms with Gasteiger partial charge in [-0.2, -0.15) is 0 Å². The zero-order valence-electron chi connectivity index (χ0n) is 8.33. The molecular weight excluding hydrogens is 230 g/mol. The molecule has 86 valence electrons. The number of carboxylic acid groups (broad SMARTS) is 1. The van der Waals surface area contributed by atoms with Crippen LogP contribution in [0.4, 0.5) is 0 Å². The van der Waals surface area contributed by atoms with Crippen molar-refractivity contribution in [1.29, 1.82) is 0 Å². The number of nitrogens with two attached hydrogens (primary N) is 1. The summed E-state index contributed by atoms with van der Waals surface area (Å²) in [4.78, 5) is 10.9. The van der Waals surface area contributed by atoms with Gasteiger partial charge in [0, 0.05) is 0 Å². The molecule has 16 heavy (non-hydrogen) atoms. The third-order valence-electron chi connectivity index (χ3n) is 2.78. The predicted octanol–water partition coefficient (Wildman–Crippen LogP) is 0.0147. The summed E-state index contributed by atoms with van der Waals surface area (Å²) in [6.45, 7) is 0. The van der Waals surface area contributed by atoms with Crippen LogP contribution in [-0.2, 0) is 14.6 Å². The van der Waals surface area contributed by atoms with E-state index in [1.807, 2.05) is 0 Å². The van der Waals surface area contributed by atoms with Gasteiger partial charge in [0.15, 0.2) is 9.84 Å². The monoisotopic (exact) mass is 241 g/mol. The van der Waals surface area contributed by atoms with Crippen LogP contribution in [0.3, 0.4) is 0 Å². The van der Waals surface area contributed by atoms with Crippen molar-refractivity contribution in [3.63, 3.8) is 0 Å². The first kappa shape index (κ1) is 11.1. The molecule has 0 amide bonds. The molecule has 6 heteroatoms. The summed E-state index contributed by atoms with van der Waals surface area (Å²) in [5, 5.41) is 7.79. The van der Waals surface area contributed by atoms with E-state index < -0.39 is 26.6 Å². The molecule has 0 spiro atoms. The molecule has 1 aliphatic carbocycles. The number of rotatable bonds is 3. The Morgan fingerprint density at radius 3 is 2.38 bits per heavy atom. The Bertz CT molecular complexity index is 525. The van der Waals surface area contributed by atoms with Crippen LogP contribution in [0.15, 0.2) is 35.2 Å². The number of carboxylic acids is 1. The molecule has 2 unspecified atom stereocenters. The second-order valence-corrected chi connectivity index (χ2v) is 6.03. The Balaban J connectivity index is 2.35. The van der Waals surface area contributed by atoms with E-state index in [-0.39, 0.29) is 11.3 Å². The van der Waals surface area contributed by atoms with Crippen LogP contribution in [-0.4, -0.2) is 30.3 Å². The highest BCUT2D eigenvalue weighted by Crippen LogP contribution is 2.42. The molecule has 0 radical (unpaired) electrons. The lowest BCUT2D eigenvalue weighted by molar-refractivity contribution is -0.139. The molecule has 0 bridgehead atoms. The van der Waals surface area contributed by atoms with Crippen LogP contribution in [0, 0.1) is 0 Å². The van der Waals surface area contributed by atoms with E-state index >= 15 is 0 Å². The van der Waals surface area contributed by atoms with Crippen molar-refractivity contribution in [3.8, 4) is 0 Å². The number of sulfone groups is 1. The number of benzene rings is 1. The fourth-order valence-electron chi connectivity index (χ4n) is 1.63. The van der Waals surface area contributed by atoms with Gasteiger partial charge < -0.3 is 10.8 Å². The molecule has 5 nitrogen and oxygen atoms in total. The maximum atomic E-state index is 12.0. The van der Waals surface area contributed by atoms with Crippen molar-refractivity contribution >= 4 is 15.8 Å². The largest absolute Gasteiger partial charge is 0.480 e. The predicted molar refractivity (Wildman–Crippen MR) is 56.6 cm³/mol. The summed E-state index contributed by atoms with van der Waals surface area (Å²) < 4.78 is 23.9. The molecule has 3 N–H and O–H groups in total. The van der Waals surface area contributed by atoms with Crippen LogP contribution < -0.4 is 5.73 Å². The first-order valence-electron chi connectivity index (χ1n) is 4.70. The molecule has 1 aromatic carbocycles. The standard InChI is InChI=1S/C10H11NO4S/c11-10(9(12)13)6-8(10)16(14,15)7-4-2-1-3-5-7/h1-5,8H,6,11H2,(H,12,13). The maximum absolute atomic E-state index is 12.0. The molecule has 2 atom stereocenters. The topological polar surface area (TPSA) is 97.5 Å². The molecule has 0 aromatic heterocycles. The zero-order chi connectivity index (χ0) is 12.0. The van der Waals surface area contributed by atoms with Gasteiger partial charge in [-0.05, 0) is 18.6 Å². The fraction of sp³-hybridized carbons (Fsp3) is 0.300. The Kier molecular flexibility index (Phi) is 2.28. The van der Waals surface area contributed by atoms with Crippen molar-refractivity contribution in [2.24, 2.45) is 5.73 Å². The minimum Gasteiger partial charge on any atom is -0.480 e. The second-order valence-electron chi connectivity index (χ2n) is 3.90. The lowest BCUT2D eigenvalue weighted by atomic mass is 10.3. The van der Waals surface area contributed by atoms with Crippen molar-refractivity contribution < 1.29 is 18.3 Å². The Morgan fingerprint density at radius 2 is 1.94 bits per heavy atom. The van der Waals surface area contributed by atoms with Crippen molar-refractivity contribution in [1.82, 2.24) is 0 Å². The van der Waals surface area contributed by atoms with Gasteiger partial charge in [0.05, 0.1) is 10.1 Å². The van der Waals surface area contributed by atoms with Gasteiger partial charge in [-0.25, -0.2) is 8.42 Å². The molecule has 1 fully saturated rings. The van der Waals surface area contributed by atoms with Crippen LogP contribution in [0.2, 0.25) is 0 Å². The maximum Gasteiger partial charge on any atom is 0.325 e. The van der Waals surface area contributed by atoms with Gasteiger partial charge in [0.1, 0.15) is 5.54 Å². The summed E-state index contributed by atoms with van der Waals surface area (Å²) in [5.41, 5.74) is 3.86. The molecule has 1 saturated carbocycles. The highest BCUT2D eigenvalue weighted by molar-refractivity contribution is 7.92. The average Bonchev–Trinajstić information content (AvgIpc) is 2.95. The smallest absolute Gasteiger partial charge is 0.325 e. The first-order chi connectivity index (χ1) is 7.39. The minimum absolute atomic E-state index is 0.0282. The molecule has 0 saturated heterocycles. The normalized spacial score (nSPS) is 28.7. The number of carbonyl (C=O) groups is 1. The number of aliphatic carboxylic acids is 1. The first-order valence-corrected chi connectivity index (χ1v) is 6.25. The van der Waals surface area contributed by atoms with Crippen LogP contribution >= 0.6 is 0 Å². The summed E-state index contributed by atoms with van der Waals surface area (Å²) in [5.74, 6) is -1.27. The van der Waals surface area contributed by atoms with Crippen LogP contribution in [0.25, 0.3) is 0 Å². The number of hydrogen-bond acceptors (Lipinski definition) is 4. The molecular formula is C10H11NO4S. The molecule has 1 aliphatic rings. The summed E-state index contributed by atoms with van der Waals surface area (Å²) in [7, 11) is -3.62. The van der Waals surface area contributed by atoms with E-state index in [0.29, 0.717) is 0 Å². The minimum atomic E-state index is -3.62. The lowest BCUT2D eigenvalue weighted by Crippen LogP contribution is -2.38. The third kappa shape index (κ3) is 1.50. The van der Waals surface area contributed by atoms with Gasteiger partial charge in [-0.3, -0.25) is 4.79 Å². The SMILES string of the molecule is NC1(C(=O)O)CC1S(=O)(=O)c1ccccc1. The van der Waals surface area contributed by atoms with Gasteiger partial charge in [0.2, 0.25) is 0 Å². The molecule has 2 rings (SSSR count). The van der Waals surface area contributed by atoms with Crippen molar-refractivity contribution in [3.05, 3.63) is 30.3 Å². The van der Waals surface area contributed by atoms with Gasteiger partial charge in [-0.15, -0.1) is 0 Å². The Hall–Kier alpha value is -1.40. The number of hydrogen-bond donors (Lipinski definition) is 2. The second kappa shape index (κ2) is 3.29. The van der Waals surface area contributed by atoms with Gasteiger partial charge >= 0.3 is 5.97 Å². The molecule has 0 aliphatic heterocycles. The van der Waals surface area contributed by atoms with E-state index in [2.05, 4.69) is 0 Å². The van der Waals surface area contributed by atoms with E-state index in [1.165, 1.54) is 12.1 Å². The molecule has 1 aromatic rings. The van der Waals surface area contributed by atoms with E-state index in [1.54, 1.807) is 18.2 Å². The van der Waals surface area contributed by atoms with Gasteiger partial charge in [0.25, 0.3) is 0 Å². The van der Waals surface area contributed by atoms with E-state index in [4.69, 9.17) is 10.8 Å². The average molecular weight is 241 g/mol. The van der Waals surface area contributed by atoms with Crippen LogP contribution in [0.5, 0.6) is 0 Å². The summed E-state index contributed by atoms with van der Waals surface area (Å²) in [6, 6.07) is 7.76. The van der Waals surface area contributed by atoms with E-state index in [0.717, 1.165) is 0 Å². The van der Waals surface area contributed by atoms with Gasteiger partial charge in [-0.1, -0.05) is 18.2 Å². The lowest BCUT2D eigenvalue weighted by Gasteiger charge is -2.06. The highest BCUT2D eigenvalue weighted by atomic mass is 32.2. The zero-order valence-corrected chi connectivity index (χ0v) is 9.15. The third-order valence-corrected chi connectivity index (χ3v) is 5.05. The van der Waals surface area contributed by atoms with Crippen molar-refractivity contribution in [2.45, 2.75) is 22.1 Å². The van der Waals surface area contributed by atoms with E-state index in [9.17, 15) is 13.2 Å². The Labute approximate surface area is 92.8 Å². The summed E-state index contributed by atoms with van der Waals surface area (Å²) in [6.07, 6.45) is -0.0282. The summed E-state index contributed by atoms with van der Waals surface area (Å²) >= 11 is 0. The molecule has 0 heterocycles. The van der Waals surface area contributed by atoms with Crippen molar-refractivity contribution in [2.75, 3.05) is 0 Å².